The molecule has 0 bridgehead atoms. The Morgan fingerprint density at radius 1 is 0.775 bits per heavy atom. The number of esters is 2. The summed E-state index contributed by atoms with van der Waals surface area (Å²) in [6.07, 6.45) is 13.0. The number of sulfone groups is 1. The van der Waals surface area contributed by atoms with Crippen LogP contribution in [0.2, 0.25) is 0 Å². The number of carbonyl (C=O) groups excluding carboxylic acids is 2. The van der Waals surface area contributed by atoms with Crippen LogP contribution in [0.25, 0.3) is 0 Å². The van der Waals surface area contributed by atoms with Crippen molar-refractivity contribution in [3.05, 3.63) is 53.5 Å². The van der Waals surface area contributed by atoms with Crippen molar-refractivity contribution in [2.75, 3.05) is 13.2 Å². The van der Waals surface area contributed by atoms with Crippen LogP contribution in [0.5, 0.6) is 0 Å². The second-order valence-electron chi connectivity index (χ2n) is 10.5. The fourth-order valence-electron chi connectivity index (χ4n) is 4.85. The van der Waals surface area contributed by atoms with Crippen LogP contribution in [0.4, 0.5) is 0 Å². The van der Waals surface area contributed by atoms with Gasteiger partial charge in [0.1, 0.15) is 11.5 Å². The van der Waals surface area contributed by atoms with Crippen LogP contribution in [-0.4, -0.2) is 48.5 Å². The first kappa shape index (κ1) is 33.4. The van der Waals surface area contributed by atoms with Crippen LogP contribution in [-0.2, 0) is 28.9 Å². The molecule has 40 heavy (non-hydrogen) atoms. The molecule has 9 heteroatoms. The lowest BCUT2D eigenvalue weighted by atomic mass is 9.84. The molecular weight excluding hydrogens is 532 g/mol. The van der Waals surface area contributed by atoms with Crippen molar-refractivity contribution >= 4 is 21.8 Å². The van der Waals surface area contributed by atoms with Gasteiger partial charge in [0.25, 0.3) is 0 Å². The molecule has 1 aliphatic rings. The van der Waals surface area contributed by atoms with Gasteiger partial charge in [-0.15, -0.1) is 0 Å². The van der Waals surface area contributed by atoms with Gasteiger partial charge in [0.2, 0.25) is 14.6 Å². The Morgan fingerprint density at radius 3 is 1.82 bits per heavy atom. The molecule has 2 N–H and O–H groups in total. The third-order valence-electron chi connectivity index (χ3n) is 7.26. The molecule has 1 aromatic carbocycles. The van der Waals surface area contributed by atoms with Crippen LogP contribution in [0, 0.1) is 12.8 Å². The first-order chi connectivity index (χ1) is 19.1. The number of hydrogen-bond donors (Lipinski definition) is 2. The van der Waals surface area contributed by atoms with E-state index in [1.54, 1.807) is 19.1 Å². The lowest BCUT2D eigenvalue weighted by Crippen LogP contribution is -2.59. The highest BCUT2D eigenvalue weighted by atomic mass is 32.2. The maximum Gasteiger partial charge on any atom is 0.337 e. The molecule has 1 aliphatic carbocycles. The molecule has 0 fully saturated rings. The van der Waals surface area contributed by atoms with Gasteiger partial charge >= 0.3 is 11.9 Å². The molecule has 0 heterocycles. The number of aliphatic hydroxyl groups excluding tert-OH is 2. The van der Waals surface area contributed by atoms with E-state index in [1.165, 1.54) is 12.1 Å². The first-order valence-corrected chi connectivity index (χ1v) is 16.1. The van der Waals surface area contributed by atoms with Crippen LogP contribution in [0.1, 0.15) is 96.5 Å². The summed E-state index contributed by atoms with van der Waals surface area (Å²) in [6, 6.07) is 5.70. The summed E-state index contributed by atoms with van der Waals surface area (Å²) in [5.41, 5.74) is 0.777. The van der Waals surface area contributed by atoms with E-state index in [0.717, 1.165) is 81.9 Å². The van der Waals surface area contributed by atoms with Crippen molar-refractivity contribution in [3.63, 3.8) is 0 Å². The van der Waals surface area contributed by atoms with E-state index in [4.69, 9.17) is 9.47 Å². The lowest BCUT2D eigenvalue weighted by Gasteiger charge is -2.37. The van der Waals surface area contributed by atoms with E-state index in [2.05, 4.69) is 13.8 Å². The van der Waals surface area contributed by atoms with Crippen molar-refractivity contribution in [1.29, 1.82) is 0 Å². The van der Waals surface area contributed by atoms with Crippen LogP contribution < -0.4 is 0 Å². The highest BCUT2D eigenvalue weighted by Crippen LogP contribution is 2.45. The maximum absolute atomic E-state index is 14.2. The number of rotatable bonds is 18. The van der Waals surface area contributed by atoms with Gasteiger partial charge in [0.15, 0.2) is 5.92 Å². The molecule has 0 aliphatic heterocycles. The number of aryl methyl sites for hydroxylation is 1. The van der Waals surface area contributed by atoms with Crippen molar-refractivity contribution in [2.24, 2.45) is 5.92 Å². The van der Waals surface area contributed by atoms with E-state index < -0.39 is 44.0 Å². The molecule has 0 amide bonds. The monoisotopic (exact) mass is 578 g/mol. The standard InChI is InChI=1S/C31H46O8S/c1-4-6-8-10-12-14-22-38-29(34)28-26(32)20-21-27(33)31(28,30(35)39-23-15-13-11-9-7-5-2)40(36,37)25-18-16-24(3)17-19-25/h16-21,28,32-33H,4-15,22-23H2,1-3H3. The minimum Gasteiger partial charge on any atom is -0.511 e. The second kappa shape index (κ2) is 16.5. The summed E-state index contributed by atoms with van der Waals surface area (Å²) in [7, 11) is -4.81. The van der Waals surface area contributed by atoms with Crippen LogP contribution in [0.15, 0.2) is 52.8 Å². The summed E-state index contributed by atoms with van der Waals surface area (Å²) < 4.78 is 36.2. The normalized spacial score (nSPS) is 19.0. The van der Waals surface area contributed by atoms with Gasteiger partial charge in [-0.2, -0.15) is 0 Å². The topological polar surface area (TPSA) is 127 Å². The Kier molecular flexibility index (Phi) is 13.7. The van der Waals surface area contributed by atoms with Crippen molar-refractivity contribution in [3.8, 4) is 0 Å². The van der Waals surface area contributed by atoms with Crippen molar-refractivity contribution in [2.45, 2.75) is 107 Å². The summed E-state index contributed by atoms with van der Waals surface area (Å²) in [5, 5.41) is 21.9. The number of aliphatic hydroxyl groups is 2. The van der Waals surface area contributed by atoms with Gasteiger partial charge in [0.05, 0.1) is 18.1 Å². The van der Waals surface area contributed by atoms with Crippen molar-refractivity contribution < 1.29 is 37.7 Å². The summed E-state index contributed by atoms with van der Waals surface area (Å²) in [5.74, 6) is -6.06. The second-order valence-corrected chi connectivity index (χ2v) is 12.6. The van der Waals surface area contributed by atoms with E-state index in [-0.39, 0.29) is 18.1 Å². The molecule has 224 valence electrons. The highest BCUT2D eigenvalue weighted by Gasteiger charge is 2.67. The molecule has 0 saturated heterocycles. The van der Waals surface area contributed by atoms with Gasteiger partial charge in [0, 0.05) is 0 Å². The van der Waals surface area contributed by atoms with E-state index >= 15 is 0 Å². The Morgan fingerprint density at radius 2 is 1.27 bits per heavy atom. The molecule has 0 aromatic heterocycles. The zero-order chi connectivity index (χ0) is 29.6. The molecule has 0 spiro atoms. The predicted octanol–water partition coefficient (Wildman–Crippen LogP) is 6.83. The van der Waals surface area contributed by atoms with Crippen molar-refractivity contribution in [1.82, 2.24) is 0 Å². The largest absolute Gasteiger partial charge is 0.511 e. The average molecular weight is 579 g/mol. The Balaban J connectivity index is 2.37. The first-order valence-electron chi connectivity index (χ1n) is 14.6. The minimum atomic E-state index is -4.81. The van der Waals surface area contributed by atoms with Gasteiger partial charge in [-0.25, -0.2) is 13.2 Å². The molecule has 1 aromatic rings. The van der Waals surface area contributed by atoms with Crippen LogP contribution >= 0.6 is 0 Å². The fraction of sp³-hybridized carbons (Fsp3) is 0.613. The number of hydrogen-bond acceptors (Lipinski definition) is 8. The zero-order valence-corrected chi connectivity index (χ0v) is 25.0. The Bertz CT molecular complexity index is 1120. The lowest BCUT2D eigenvalue weighted by molar-refractivity contribution is -0.158. The smallest absolute Gasteiger partial charge is 0.337 e. The van der Waals surface area contributed by atoms with E-state index in [9.17, 15) is 28.2 Å². The molecule has 2 rings (SSSR count). The molecule has 2 unspecified atom stereocenters. The number of carbonyl (C=O) groups is 2. The van der Waals surface area contributed by atoms with Gasteiger partial charge in [-0.1, -0.05) is 95.8 Å². The summed E-state index contributed by atoms with van der Waals surface area (Å²) in [6.45, 7) is 5.90. The summed E-state index contributed by atoms with van der Waals surface area (Å²) in [4.78, 5) is 26.8. The molecule has 0 radical (unpaired) electrons. The SMILES string of the molecule is CCCCCCCCOC(=O)C1C(O)=CC=C(O)C1(C(=O)OCCCCCCCC)S(=O)(=O)c1ccc(C)cc1. The predicted molar refractivity (Wildman–Crippen MR) is 155 cm³/mol. The third-order valence-corrected chi connectivity index (χ3v) is 9.61. The van der Waals surface area contributed by atoms with Gasteiger partial charge < -0.3 is 19.7 Å². The Labute approximate surface area is 239 Å². The van der Waals surface area contributed by atoms with E-state index in [1.807, 2.05) is 0 Å². The number of unbranched alkanes of at least 4 members (excludes halogenated alkanes) is 10. The zero-order valence-electron chi connectivity index (χ0n) is 24.2. The molecular formula is C31H46O8S. The maximum atomic E-state index is 14.2. The summed E-state index contributed by atoms with van der Waals surface area (Å²) >= 11 is 0. The quantitative estimate of drug-likeness (QED) is 0.143. The van der Waals surface area contributed by atoms with Gasteiger partial charge in [-0.3, -0.25) is 4.79 Å². The fourth-order valence-corrected chi connectivity index (χ4v) is 6.86. The number of allylic oxidation sites excluding steroid dienone is 2. The average Bonchev–Trinajstić information content (AvgIpc) is 2.93. The molecule has 0 saturated carbocycles. The minimum absolute atomic E-state index is 0.00726. The highest BCUT2D eigenvalue weighted by molar-refractivity contribution is 7.94. The number of ether oxygens (including phenoxy) is 2. The van der Waals surface area contributed by atoms with Crippen LogP contribution in [0.3, 0.4) is 0 Å². The molecule has 2 atom stereocenters. The van der Waals surface area contributed by atoms with Gasteiger partial charge in [-0.05, 0) is 44.1 Å². The number of benzene rings is 1. The molecule has 8 nitrogen and oxygen atoms in total. The third kappa shape index (κ3) is 8.12. The Hall–Kier alpha value is -2.81. The van der Waals surface area contributed by atoms with E-state index in [0.29, 0.717) is 12.8 Å².